The minimum absolute atomic E-state index is 0.349. The largest absolute Gasteiger partial charge is 0.381 e. The maximum atomic E-state index is 13.2. The predicted octanol–water partition coefficient (Wildman–Crippen LogP) is 3.49. The van der Waals surface area contributed by atoms with E-state index in [0.717, 1.165) is 57.4 Å². The number of thioether (sulfide) groups is 1. The molecule has 0 aromatic carbocycles. The normalized spacial score (nSPS) is 23.5. The van der Waals surface area contributed by atoms with Gasteiger partial charge in [-0.25, -0.2) is 4.98 Å². The van der Waals surface area contributed by atoms with Crippen molar-refractivity contribution in [2.75, 3.05) is 19.8 Å². The number of hydrogen-bond donors (Lipinski definition) is 1. The van der Waals surface area contributed by atoms with Crippen molar-refractivity contribution < 1.29 is 9.13 Å². The van der Waals surface area contributed by atoms with Crippen LogP contribution < -0.4 is 5.32 Å². The lowest BCUT2D eigenvalue weighted by Crippen LogP contribution is -2.38. The minimum Gasteiger partial charge on any atom is -0.381 e. The maximum absolute atomic E-state index is 13.2. The summed E-state index contributed by atoms with van der Waals surface area (Å²) in [5.41, 5.74) is 2.40. The second-order valence-electron chi connectivity index (χ2n) is 6.19. The van der Waals surface area contributed by atoms with E-state index >= 15 is 0 Å². The van der Waals surface area contributed by atoms with Gasteiger partial charge in [0.25, 0.3) is 0 Å². The Morgan fingerprint density at radius 2 is 2.23 bits per heavy atom. The molecule has 3 rings (SSSR count). The van der Waals surface area contributed by atoms with Gasteiger partial charge in [0.15, 0.2) is 0 Å². The van der Waals surface area contributed by atoms with E-state index in [1.807, 2.05) is 11.8 Å². The Kier molecular flexibility index (Phi) is 5.71. The van der Waals surface area contributed by atoms with Crippen molar-refractivity contribution in [2.45, 2.75) is 55.6 Å². The van der Waals surface area contributed by atoms with Gasteiger partial charge in [0, 0.05) is 42.5 Å². The molecule has 0 radical (unpaired) electrons. The SMILES string of the molecule is CCC(CNC1CCOCC1)SC1CCc2cc(F)ncc21. The Morgan fingerprint density at radius 3 is 3.00 bits per heavy atom. The van der Waals surface area contributed by atoms with E-state index in [1.165, 1.54) is 5.56 Å². The fraction of sp³-hybridized carbons (Fsp3) is 0.706. The quantitative estimate of drug-likeness (QED) is 0.812. The number of fused-ring (bicyclic) bond motifs is 1. The average molecular weight is 324 g/mol. The van der Waals surface area contributed by atoms with Gasteiger partial charge in [-0.2, -0.15) is 4.39 Å². The van der Waals surface area contributed by atoms with Crippen molar-refractivity contribution in [3.63, 3.8) is 0 Å². The first-order valence-electron chi connectivity index (χ1n) is 8.37. The van der Waals surface area contributed by atoms with E-state index in [-0.39, 0.29) is 5.95 Å². The van der Waals surface area contributed by atoms with E-state index < -0.39 is 0 Å². The molecule has 0 amide bonds. The highest BCUT2D eigenvalue weighted by molar-refractivity contribution is 8.00. The van der Waals surface area contributed by atoms with Gasteiger partial charge in [-0.15, -0.1) is 11.8 Å². The smallest absolute Gasteiger partial charge is 0.213 e. The third-order valence-electron chi connectivity index (χ3n) is 4.68. The summed E-state index contributed by atoms with van der Waals surface area (Å²) >= 11 is 2.03. The van der Waals surface area contributed by atoms with Gasteiger partial charge >= 0.3 is 0 Å². The van der Waals surface area contributed by atoms with Gasteiger partial charge in [0.05, 0.1) is 0 Å². The fourth-order valence-electron chi connectivity index (χ4n) is 3.29. The van der Waals surface area contributed by atoms with Crippen LogP contribution in [0.1, 0.15) is 49.0 Å². The number of nitrogens with zero attached hydrogens (tertiary/aromatic N) is 1. The Morgan fingerprint density at radius 1 is 1.41 bits per heavy atom. The van der Waals surface area contributed by atoms with Crippen LogP contribution in [-0.4, -0.2) is 36.0 Å². The molecule has 0 spiro atoms. The van der Waals surface area contributed by atoms with Crippen LogP contribution in [0.4, 0.5) is 4.39 Å². The van der Waals surface area contributed by atoms with Gasteiger partial charge < -0.3 is 10.1 Å². The Hall–Kier alpha value is -0.650. The van der Waals surface area contributed by atoms with Gasteiger partial charge in [0.1, 0.15) is 0 Å². The summed E-state index contributed by atoms with van der Waals surface area (Å²) in [5, 5.41) is 4.78. The zero-order valence-corrected chi connectivity index (χ0v) is 14.0. The summed E-state index contributed by atoms with van der Waals surface area (Å²) in [7, 11) is 0. The van der Waals surface area contributed by atoms with E-state index in [2.05, 4.69) is 17.2 Å². The van der Waals surface area contributed by atoms with E-state index in [9.17, 15) is 4.39 Å². The van der Waals surface area contributed by atoms with Crippen molar-refractivity contribution in [1.29, 1.82) is 0 Å². The molecule has 1 aliphatic heterocycles. The first-order valence-corrected chi connectivity index (χ1v) is 9.31. The highest BCUT2D eigenvalue weighted by Gasteiger charge is 2.26. The van der Waals surface area contributed by atoms with Gasteiger partial charge in [-0.05, 0) is 49.3 Å². The number of pyridine rings is 1. The summed E-state index contributed by atoms with van der Waals surface area (Å²) in [5.74, 6) is -0.349. The van der Waals surface area contributed by atoms with Crippen LogP contribution in [0.25, 0.3) is 0 Å². The number of ether oxygens (including phenoxy) is 1. The van der Waals surface area contributed by atoms with Crippen molar-refractivity contribution in [1.82, 2.24) is 10.3 Å². The molecule has 0 saturated carbocycles. The summed E-state index contributed by atoms with van der Waals surface area (Å²) in [6, 6.07) is 2.21. The number of rotatable bonds is 6. The maximum Gasteiger partial charge on any atom is 0.213 e. The lowest BCUT2D eigenvalue weighted by Gasteiger charge is -2.26. The van der Waals surface area contributed by atoms with Crippen molar-refractivity contribution >= 4 is 11.8 Å². The van der Waals surface area contributed by atoms with Crippen molar-refractivity contribution in [3.8, 4) is 0 Å². The van der Waals surface area contributed by atoms with Crippen LogP contribution in [-0.2, 0) is 11.2 Å². The molecule has 1 aromatic rings. The lowest BCUT2D eigenvalue weighted by molar-refractivity contribution is 0.0781. The molecule has 1 saturated heterocycles. The van der Waals surface area contributed by atoms with Crippen molar-refractivity contribution in [3.05, 3.63) is 29.3 Å². The molecule has 1 aliphatic carbocycles. The zero-order valence-electron chi connectivity index (χ0n) is 13.2. The summed E-state index contributed by atoms with van der Waals surface area (Å²) in [6.45, 7) is 5.07. The second-order valence-corrected chi connectivity index (χ2v) is 7.70. The molecular formula is C17H25FN2OS. The Labute approximate surface area is 136 Å². The number of hydrogen-bond acceptors (Lipinski definition) is 4. The monoisotopic (exact) mass is 324 g/mol. The molecule has 2 unspecified atom stereocenters. The number of halogens is 1. The highest BCUT2D eigenvalue weighted by atomic mass is 32.2. The molecule has 5 heteroatoms. The lowest BCUT2D eigenvalue weighted by atomic mass is 10.1. The number of aromatic nitrogens is 1. The van der Waals surface area contributed by atoms with Crippen LogP contribution >= 0.6 is 11.8 Å². The predicted molar refractivity (Wildman–Crippen MR) is 88.8 cm³/mol. The summed E-state index contributed by atoms with van der Waals surface area (Å²) in [4.78, 5) is 3.84. The molecule has 2 heterocycles. The van der Waals surface area contributed by atoms with Crippen LogP contribution in [0.5, 0.6) is 0 Å². The number of aryl methyl sites for hydroxylation is 1. The van der Waals surface area contributed by atoms with Crippen molar-refractivity contribution in [2.24, 2.45) is 0 Å². The standard InChI is InChI=1S/C17H25FN2OS/c1-2-14(10-19-13-5-7-21-8-6-13)22-16-4-3-12-9-17(18)20-11-15(12)16/h9,11,13-14,16,19H,2-8,10H2,1H3. The molecule has 3 nitrogen and oxygen atoms in total. The molecule has 0 bridgehead atoms. The first kappa shape index (κ1) is 16.2. The van der Waals surface area contributed by atoms with E-state index in [0.29, 0.717) is 16.5 Å². The van der Waals surface area contributed by atoms with Gasteiger partial charge in [-0.3, -0.25) is 0 Å². The number of nitrogens with one attached hydrogen (secondary N) is 1. The summed E-state index contributed by atoms with van der Waals surface area (Å²) in [6.07, 6.45) is 7.23. The molecular weight excluding hydrogens is 299 g/mol. The first-order chi connectivity index (χ1) is 10.8. The summed E-state index contributed by atoms with van der Waals surface area (Å²) < 4.78 is 18.6. The topological polar surface area (TPSA) is 34.1 Å². The third-order valence-corrected chi connectivity index (χ3v) is 6.38. The second kappa shape index (κ2) is 7.75. The van der Waals surface area contributed by atoms with Crippen LogP contribution in [0.15, 0.2) is 12.3 Å². The van der Waals surface area contributed by atoms with Gasteiger partial charge in [-0.1, -0.05) is 6.92 Å². The third kappa shape index (κ3) is 4.00. The average Bonchev–Trinajstić information content (AvgIpc) is 2.94. The van der Waals surface area contributed by atoms with Gasteiger partial charge in [0.2, 0.25) is 5.95 Å². The molecule has 122 valence electrons. The fourth-order valence-corrected chi connectivity index (χ4v) is 4.75. The molecule has 1 fully saturated rings. The molecule has 1 aromatic heterocycles. The molecule has 22 heavy (non-hydrogen) atoms. The molecule has 2 aliphatic rings. The van der Waals surface area contributed by atoms with E-state index in [1.54, 1.807) is 12.3 Å². The van der Waals surface area contributed by atoms with Crippen LogP contribution in [0.2, 0.25) is 0 Å². The van der Waals surface area contributed by atoms with Crippen LogP contribution in [0, 0.1) is 5.95 Å². The Bertz CT molecular complexity index is 494. The minimum atomic E-state index is -0.349. The molecule has 1 N–H and O–H groups in total. The molecule has 2 atom stereocenters. The Balaban J connectivity index is 1.53. The zero-order chi connectivity index (χ0) is 15.4. The van der Waals surface area contributed by atoms with Crippen LogP contribution in [0.3, 0.4) is 0 Å². The van der Waals surface area contributed by atoms with E-state index in [4.69, 9.17) is 4.74 Å². The highest BCUT2D eigenvalue weighted by Crippen LogP contribution is 2.43.